The number of aromatic nitrogens is 1. The minimum Gasteiger partial charge on any atom is -0.337 e. The Kier molecular flexibility index (Phi) is 8.93. The van der Waals surface area contributed by atoms with Crippen LogP contribution in [0.25, 0.3) is 11.1 Å². The first-order chi connectivity index (χ1) is 20.8. The molecule has 1 aromatic heterocycles. The molecule has 0 atom stereocenters. The zero-order chi connectivity index (χ0) is 31.7. The van der Waals surface area contributed by atoms with Crippen molar-refractivity contribution in [1.29, 1.82) is 0 Å². The minimum absolute atomic E-state index is 0.0270. The number of sulfonamides is 1. The standard InChI is InChI=1S/C32H37F3N4O4S/c1-4-5-12-28-36-31(16-8-9-17-31)30(40)39(28)20-23-13-14-25(24(19-23)15-18-32(33,34)35)26-10-6-7-11-27(26)44(41,42)38-29-21(2)22(3)37-43-29/h6-7,10-11,13-14,19,38H,4-5,8-9,12,15-18,20H2,1-3H3. The van der Waals surface area contributed by atoms with Crippen LogP contribution in [-0.4, -0.2) is 41.9 Å². The number of aryl methyl sites for hydroxylation is 2. The molecule has 8 nitrogen and oxygen atoms in total. The predicted molar refractivity (Wildman–Crippen MR) is 162 cm³/mol. The lowest BCUT2D eigenvalue weighted by Crippen LogP contribution is -2.40. The van der Waals surface area contributed by atoms with Gasteiger partial charge in [-0.3, -0.25) is 14.7 Å². The maximum Gasteiger partial charge on any atom is 0.389 e. The number of nitrogens with zero attached hydrogens (tertiary/aromatic N) is 3. The van der Waals surface area contributed by atoms with Crippen molar-refractivity contribution >= 4 is 27.7 Å². The number of benzene rings is 2. The fraction of sp³-hybridized carbons (Fsp3) is 0.469. The van der Waals surface area contributed by atoms with E-state index in [0.717, 1.165) is 31.5 Å². The van der Waals surface area contributed by atoms with Gasteiger partial charge in [-0.2, -0.15) is 13.2 Å². The summed E-state index contributed by atoms with van der Waals surface area (Å²) in [5.41, 5.74) is 1.95. The zero-order valence-electron chi connectivity index (χ0n) is 25.1. The number of unbranched alkanes of at least 4 members (excludes halogenated alkanes) is 1. The first kappa shape index (κ1) is 31.7. The summed E-state index contributed by atoms with van der Waals surface area (Å²) in [6.45, 7) is 5.61. The Labute approximate surface area is 255 Å². The molecule has 12 heteroatoms. The molecular weight excluding hydrogens is 593 g/mol. The van der Waals surface area contributed by atoms with Gasteiger partial charge in [0.25, 0.3) is 15.9 Å². The number of rotatable bonds is 11. The van der Waals surface area contributed by atoms with Crippen LogP contribution in [0.15, 0.2) is 56.9 Å². The average molecular weight is 631 g/mol. The fourth-order valence-electron chi connectivity index (χ4n) is 5.98. The largest absolute Gasteiger partial charge is 0.389 e. The molecule has 5 rings (SSSR count). The molecule has 1 aliphatic heterocycles. The summed E-state index contributed by atoms with van der Waals surface area (Å²) in [7, 11) is -4.20. The van der Waals surface area contributed by atoms with E-state index >= 15 is 0 Å². The van der Waals surface area contributed by atoms with E-state index in [1.54, 1.807) is 55.1 Å². The van der Waals surface area contributed by atoms with Crippen LogP contribution >= 0.6 is 0 Å². The second-order valence-electron chi connectivity index (χ2n) is 11.7. The SMILES string of the molecule is CCCCC1=NC2(CCCC2)C(=O)N1Cc1ccc(-c2ccccc2S(=O)(=O)Nc2onc(C)c2C)c(CCC(F)(F)F)c1. The number of amidine groups is 1. The van der Waals surface area contributed by atoms with E-state index in [9.17, 15) is 26.4 Å². The third-order valence-corrected chi connectivity index (χ3v) is 9.91. The molecule has 1 fully saturated rings. The quantitative estimate of drug-likeness (QED) is 0.236. The van der Waals surface area contributed by atoms with E-state index in [1.165, 1.54) is 6.07 Å². The van der Waals surface area contributed by atoms with Crippen LogP contribution in [-0.2, 0) is 27.8 Å². The van der Waals surface area contributed by atoms with Gasteiger partial charge < -0.3 is 4.52 Å². The highest BCUT2D eigenvalue weighted by Gasteiger charge is 2.49. The molecule has 1 amide bonds. The third kappa shape index (κ3) is 6.55. The van der Waals surface area contributed by atoms with Gasteiger partial charge in [-0.15, -0.1) is 0 Å². The molecule has 0 bridgehead atoms. The van der Waals surface area contributed by atoms with Gasteiger partial charge in [0.2, 0.25) is 5.88 Å². The van der Waals surface area contributed by atoms with E-state index in [4.69, 9.17) is 9.52 Å². The highest BCUT2D eigenvalue weighted by atomic mass is 32.2. The molecule has 1 aliphatic carbocycles. The summed E-state index contributed by atoms with van der Waals surface area (Å²) in [5, 5.41) is 3.79. The first-order valence-electron chi connectivity index (χ1n) is 15.0. The predicted octanol–water partition coefficient (Wildman–Crippen LogP) is 7.50. The van der Waals surface area contributed by atoms with Crippen LogP contribution in [0, 0.1) is 13.8 Å². The van der Waals surface area contributed by atoms with Gasteiger partial charge in [0, 0.05) is 24.0 Å². The number of amides is 1. The van der Waals surface area contributed by atoms with Crippen LogP contribution < -0.4 is 4.72 Å². The van der Waals surface area contributed by atoms with Crippen molar-refractivity contribution in [3.63, 3.8) is 0 Å². The number of carbonyl (C=O) groups is 1. The number of nitrogens with one attached hydrogen (secondary N) is 1. The molecule has 236 valence electrons. The molecule has 2 aromatic carbocycles. The minimum atomic E-state index is -4.41. The molecule has 0 radical (unpaired) electrons. The summed E-state index contributed by atoms with van der Waals surface area (Å²) < 4.78 is 75.0. The van der Waals surface area contributed by atoms with E-state index in [1.807, 2.05) is 0 Å². The maximum absolute atomic E-state index is 13.6. The van der Waals surface area contributed by atoms with Crippen LogP contribution in [0.2, 0.25) is 0 Å². The molecule has 1 spiro atoms. The molecule has 2 aliphatic rings. The average Bonchev–Trinajstić information content (AvgIpc) is 3.66. The van der Waals surface area contributed by atoms with Gasteiger partial charge in [0.15, 0.2) is 0 Å². The molecule has 1 N–H and O–H groups in total. The Morgan fingerprint density at radius 1 is 1.05 bits per heavy atom. The van der Waals surface area contributed by atoms with Crippen LogP contribution in [0.4, 0.5) is 19.1 Å². The fourth-order valence-corrected chi connectivity index (χ4v) is 7.25. The Hall–Kier alpha value is -3.67. The van der Waals surface area contributed by atoms with E-state index < -0.39 is 28.2 Å². The summed E-state index contributed by atoms with van der Waals surface area (Å²) in [6, 6.07) is 11.2. The van der Waals surface area contributed by atoms with Crippen LogP contribution in [0.5, 0.6) is 0 Å². The van der Waals surface area contributed by atoms with E-state index in [-0.39, 0.29) is 35.2 Å². The summed E-state index contributed by atoms with van der Waals surface area (Å²) in [5.74, 6) is 0.670. The topological polar surface area (TPSA) is 105 Å². The Morgan fingerprint density at radius 2 is 1.77 bits per heavy atom. The van der Waals surface area contributed by atoms with E-state index in [0.29, 0.717) is 47.2 Å². The smallest absolute Gasteiger partial charge is 0.337 e. The Morgan fingerprint density at radius 3 is 2.43 bits per heavy atom. The van der Waals surface area contributed by atoms with E-state index in [2.05, 4.69) is 16.8 Å². The highest BCUT2D eigenvalue weighted by molar-refractivity contribution is 7.92. The van der Waals surface area contributed by atoms with Crippen molar-refractivity contribution in [3.8, 4) is 11.1 Å². The Balaban J connectivity index is 1.51. The maximum atomic E-state index is 13.6. The van der Waals surface area contributed by atoms with Crippen molar-refractivity contribution in [2.24, 2.45) is 4.99 Å². The van der Waals surface area contributed by atoms with Gasteiger partial charge in [-0.1, -0.05) is 67.7 Å². The monoisotopic (exact) mass is 630 g/mol. The molecule has 3 aromatic rings. The van der Waals surface area contributed by atoms with Crippen LogP contribution in [0.3, 0.4) is 0 Å². The van der Waals surface area contributed by atoms with Crippen molar-refractivity contribution in [2.45, 2.75) is 102 Å². The normalized spacial score (nSPS) is 16.6. The van der Waals surface area contributed by atoms with Crippen molar-refractivity contribution in [2.75, 3.05) is 4.72 Å². The third-order valence-electron chi connectivity index (χ3n) is 8.52. The van der Waals surface area contributed by atoms with Gasteiger partial charge in [-0.25, -0.2) is 13.1 Å². The number of carbonyl (C=O) groups excluding carboxylic acids is 1. The van der Waals surface area contributed by atoms with Crippen LogP contribution in [0.1, 0.15) is 80.7 Å². The van der Waals surface area contributed by atoms with Crippen molar-refractivity contribution in [3.05, 3.63) is 64.8 Å². The van der Waals surface area contributed by atoms with Gasteiger partial charge in [0.1, 0.15) is 11.4 Å². The van der Waals surface area contributed by atoms with Gasteiger partial charge in [-0.05, 0) is 62.3 Å². The molecule has 2 heterocycles. The number of aliphatic imine (C=N–C) groups is 1. The number of hydrogen-bond donors (Lipinski definition) is 1. The van der Waals surface area contributed by atoms with Gasteiger partial charge in [0.05, 0.1) is 17.1 Å². The summed E-state index contributed by atoms with van der Waals surface area (Å²) in [6.07, 6.45) is -0.0855. The molecule has 0 unspecified atom stereocenters. The number of anilines is 1. The lowest BCUT2D eigenvalue weighted by Gasteiger charge is -2.23. The molecule has 1 saturated carbocycles. The number of halogens is 3. The summed E-state index contributed by atoms with van der Waals surface area (Å²) >= 11 is 0. The van der Waals surface area contributed by atoms with Crippen molar-refractivity contribution < 1.29 is 30.9 Å². The lowest BCUT2D eigenvalue weighted by atomic mass is 9.94. The molecule has 44 heavy (non-hydrogen) atoms. The highest BCUT2D eigenvalue weighted by Crippen LogP contribution is 2.41. The molecular formula is C32H37F3N4O4S. The molecule has 0 saturated heterocycles. The zero-order valence-corrected chi connectivity index (χ0v) is 25.9. The Bertz CT molecular complexity index is 1670. The second-order valence-corrected chi connectivity index (χ2v) is 13.3. The van der Waals surface area contributed by atoms with Crippen molar-refractivity contribution in [1.82, 2.24) is 10.1 Å². The first-order valence-corrected chi connectivity index (χ1v) is 16.5. The summed E-state index contributed by atoms with van der Waals surface area (Å²) in [4.78, 5) is 20.1. The number of hydrogen-bond acceptors (Lipinski definition) is 6. The second kappa shape index (κ2) is 12.4. The lowest BCUT2D eigenvalue weighted by molar-refractivity contribution is -0.134. The number of alkyl halides is 3. The van der Waals surface area contributed by atoms with Gasteiger partial charge >= 0.3 is 6.18 Å².